The minimum absolute atomic E-state index is 0.953. The van der Waals surface area contributed by atoms with Crippen LogP contribution >= 0.6 is 15.9 Å². The molecular weight excluding hydrogens is 328 g/mol. The molecule has 1 aromatic carbocycles. The van der Waals surface area contributed by atoms with Crippen molar-refractivity contribution in [3.05, 3.63) is 58.8 Å². The van der Waals surface area contributed by atoms with Crippen molar-refractivity contribution in [3.8, 4) is 16.9 Å². The lowest BCUT2D eigenvalue weighted by Crippen LogP contribution is -2.04. The van der Waals surface area contributed by atoms with E-state index in [1.54, 1.807) is 6.20 Å². The van der Waals surface area contributed by atoms with Crippen molar-refractivity contribution in [3.63, 3.8) is 0 Å². The van der Waals surface area contributed by atoms with Gasteiger partial charge in [0.25, 0.3) is 0 Å². The number of pyridine rings is 1. The summed E-state index contributed by atoms with van der Waals surface area (Å²) in [5.74, 6) is 1.09. The molecular formula is C16H13BrN4. The van der Waals surface area contributed by atoms with E-state index in [2.05, 4.69) is 44.4 Å². The summed E-state index contributed by atoms with van der Waals surface area (Å²) in [5, 5.41) is 8.25. The summed E-state index contributed by atoms with van der Waals surface area (Å²) in [5.41, 5.74) is 4.39. The van der Waals surface area contributed by atoms with E-state index in [9.17, 15) is 0 Å². The smallest absolute Gasteiger partial charge is 0.133 e. The van der Waals surface area contributed by atoms with Gasteiger partial charge in [0.15, 0.2) is 0 Å². The van der Waals surface area contributed by atoms with Crippen LogP contribution in [0.2, 0.25) is 0 Å². The second kappa shape index (κ2) is 5.00. The summed E-state index contributed by atoms with van der Waals surface area (Å²) in [6.07, 6.45) is 4.65. The average Bonchev–Trinajstić information content (AvgIpc) is 3.10. The second-order valence-electron chi connectivity index (χ2n) is 4.99. The maximum atomic E-state index is 4.81. The number of anilines is 1. The van der Waals surface area contributed by atoms with E-state index in [0.717, 1.165) is 40.2 Å². The molecule has 3 aromatic rings. The Hall–Kier alpha value is -2.14. The number of nitrogens with one attached hydrogen (secondary N) is 1. The lowest BCUT2D eigenvalue weighted by Gasteiger charge is -2.06. The summed E-state index contributed by atoms with van der Waals surface area (Å²) >= 11 is 3.52. The van der Waals surface area contributed by atoms with Crippen molar-refractivity contribution in [1.29, 1.82) is 0 Å². The zero-order chi connectivity index (χ0) is 14.2. The first-order valence-electron chi connectivity index (χ1n) is 6.85. The zero-order valence-electron chi connectivity index (χ0n) is 11.3. The third-order valence-corrected chi connectivity index (χ3v) is 4.13. The molecule has 1 aliphatic rings. The normalized spacial score (nSPS) is 13.0. The van der Waals surface area contributed by atoms with Crippen LogP contribution in [0.5, 0.6) is 0 Å². The van der Waals surface area contributed by atoms with Gasteiger partial charge in [-0.15, -0.1) is 0 Å². The molecule has 0 aliphatic carbocycles. The topological polar surface area (TPSA) is 42.7 Å². The third-order valence-electron chi connectivity index (χ3n) is 3.64. The Morgan fingerprint density at radius 3 is 2.95 bits per heavy atom. The van der Waals surface area contributed by atoms with Crippen molar-refractivity contribution in [2.24, 2.45) is 0 Å². The molecule has 21 heavy (non-hydrogen) atoms. The molecule has 1 aliphatic heterocycles. The van der Waals surface area contributed by atoms with E-state index in [1.807, 2.05) is 29.1 Å². The Morgan fingerprint density at radius 1 is 1.19 bits per heavy atom. The van der Waals surface area contributed by atoms with Crippen LogP contribution in [0.1, 0.15) is 5.56 Å². The zero-order valence-corrected chi connectivity index (χ0v) is 12.8. The van der Waals surface area contributed by atoms with Crippen LogP contribution in [0.3, 0.4) is 0 Å². The molecule has 4 nitrogen and oxygen atoms in total. The van der Waals surface area contributed by atoms with Crippen LogP contribution in [-0.4, -0.2) is 21.3 Å². The fourth-order valence-corrected chi connectivity index (χ4v) is 3.09. The van der Waals surface area contributed by atoms with Crippen LogP contribution in [-0.2, 0) is 6.42 Å². The van der Waals surface area contributed by atoms with E-state index >= 15 is 0 Å². The number of hydrogen-bond acceptors (Lipinski definition) is 3. The first kappa shape index (κ1) is 12.6. The summed E-state index contributed by atoms with van der Waals surface area (Å²) < 4.78 is 3.03. The number of halogens is 1. The van der Waals surface area contributed by atoms with Gasteiger partial charge in [0.2, 0.25) is 0 Å². The van der Waals surface area contributed by atoms with E-state index in [1.165, 1.54) is 5.56 Å². The molecule has 0 fully saturated rings. The van der Waals surface area contributed by atoms with Gasteiger partial charge in [-0.05, 0) is 36.8 Å². The molecule has 3 heterocycles. The van der Waals surface area contributed by atoms with Gasteiger partial charge < -0.3 is 5.32 Å². The molecule has 1 N–H and O–H groups in total. The highest BCUT2D eigenvalue weighted by Crippen LogP contribution is 2.34. The molecule has 0 saturated heterocycles. The molecule has 104 valence electrons. The molecule has 5 heteroatoms. The highest BCUT2D eigenvalue weighted by atomic mass is 79.9. The molecule has 0 atom stereocenters. The maximum absolute atomic E-state index is 4.81. The van der Waals surface area contributed by atoms with Crippen LogP contribution in [0.15, 0.2) is 53.3 Å². The van der Waals surface area contributed by atoms with Crippen LogP contribution in [0.4, 0.5) is 5.82 Å². The van der Waals surface area contributed by atoms with Gasteiger partial charge in [0.05, 0.1) is 11.4 Å². The predicted molar refractivity (Wildman–Crippen MR) is 86.7 cm³/mol. The van der Waals surface area contributed by atoms with E-state index in [-0.39, 0.29) is 0 Å². The molecule has 0 saturated carbocycles. The molecule has 0 unspecified atom stereocenters. The second-order valence-corrected chi connectivity index (χ2v) is 5.90. The Balaban J connectivity index is 1.91. The lowest BCUT2D eigenvalue weighted by atomic mass is 10.1. The fraction of sp³-hybridized carbons (Fsp3) is 0.125. The van der Waals surface area contributed by atoms with E-state index < -0.39 is 0 Å². The van der Waals surface area contributed by atoms with Gasteiger partial charge in [-0.2, -0.15) is 5.10 Å². The molecule has 0 spiro atoms. The molecule has 4 rings (SSSR count). The number of nitrogens with zero attached hydrogens (tertiary/aromatic N) is 3. The number of rotatable bonds is 2. The summed E-state index contributed by atoms with van der Waals surface area (Å²) in [6.45, 7) is 0.953. The van der Waals surface area contributed by atoms with Crippen molar-refractivity contribution in [2.45, 2.75) is 6.42 Å². The Bertz CT molecular complexity index is 795. The summed E-state index contributed by atoms with van der Waals surface area (Å²) in [6, 6.07) is 12.2. The molecule has 0 bridgehead atoms. The van der Waals surface area contributed by atoms with Crippen molar-refractivity contribution in [1.82, 2.24) is 14.8 Å². The SMILES string of the molecule is Brc1cccc(-n2nc(-c3cccnc3)c3c2NCC3)c1. The lowest BCUT2D eigenvalue weighted by molar-refractivity contribution is 0.881. The van der Waals surface area contributed by atoms with E-state index in [0.29, 0.717) is 0 Å². The molecule has 0 amide bonds. The maximum Gasteiger partial charge on any atom is 0.133 e. The van der Waals surface area contributed by atoms with Gasteiger partial charge in [0.1, 0.15) is 5.82 Å². The Morgan fingerprint density at radius 2 is 2.14 bits per heavy atom. The van der Waals surface area contributed by atoms with Gasteiger partial charge in [-0.3, -0.25) is 4.98 Å². The van der Waals surface area contributed by atoms with Crippen LogP contribution in [0.25, 0.3) is 16.9 Å². The van der Waals surface area contributed by atoms with Crippen molar-refractivity contribution >= 4 is 21.7 Å². The number of benzene rings is 1. The van der Waals surface area contributed by atoms with Crippen molar-refractivity contribution in [2.75, 3.05) is 11.9 Å². The van der Waals surface area contributed by atoms with Crippen molar-refractivity contribution < 1.29 is 0 Å². The van der Waals surface area contributed by atoms with Crippen LogP contribution < -0.4 is 5.32 Å². The first-order valence-corrected chi connectivity index (χ1v) is 7.64. The quantitative estimate of drug-likeness (QED) is 0.774. The number of aromatic nitrogens is 3. The van der Waals surface area contributed by atoms with Crippen LogP contribution in [0, 0.1) is 0 Å². The Kier molecular flexibility index (Phi) is 3.00. The minimum Gasteiger partial charge on any atom is -0.369 e. The highest BCUT2D eigenvalue weighted by Gasteiger charge is 2.23. The summed E-state index contributed by atoms with van der Waals surface area (Å²) in [7, 11) is 0. The van der Waals surface area contributed by atoms with Gasteiger partial charge in [-0.25, -0.2) is 4.68 Å². The first-order chi connectivity index (χ1) is 10.3. The molecule has 0 radical (unpaired) electrons. The van der Waals surface area contributed by atoms with Gasteiger partial charge in [0, 0.05) is 34.5 Å². The third kappa shape index (κ3) is 2.14. The predicted octanol–water partition coefficient (Wildman–Crippen LogP) is 3.66. The van der Waals surface area contributed by atoms with Gasteiger partial charge >= 0.3 is 0 Å². The summed E-state index contributed by atoms with van der Waals surface area (Å²) in [4.78, 5) is 4.21. The van der Waals surface area contributed by atoms with E-state index in [4.69, 9.17) is 5.10 Å². The largest absolute Gasteiger partial charge is 0.369 e. The average molecular weight is 341 g/mol. The monoisotopic (exact) mass is 340 g/mol. The fourth-order valence-electron chi connectivity index (χ4n) is 2.70. The van der Waals surface area contributed by atoms with Gasteiger partial charge in [-0.1, -0.05) is 22.0 Å². The number of fused-ring (bicyclic) bond motifs is 1. The highest BCUT2D eigenvalue weighted by molar-refractivity contribution is 9.10. The minimum atomic E-state index is 0.953. The number of hydrogen-bond donors (Lipinski definition) is 1. The standard InChI is InChI=1S/C16H13BrN4/c17-12-4-1-5-13(9-12)21-16-14(6-8-19-16)15(20-21)11-3-2-7-18-10-11/h1-5,7,9-10,19H,6,8H2. The Labute approximate surface area is 131 Å². The molecule has 2 aromatic heterocycles.